The van der Waals surface area contributed by atoms with Crippen molar-refractivity contribution in [2.75, 3.05) is 32.7 Å². The molecule has 1 aliphatic rings. The van der Waals surface area contributed by atoms with Gasteiger partial charge in [0.15, 0.2) is 0 Å². The second-order valence-corrected chi connectivity index (χ2v) is 9.93. The Morgan fingerprint density at radius 1 is 0.744 bits per heavy atom. The van der Waals surface area contributed by atoms with Gasteiger partial charge in [0.25, 0.3) is 0 Å². The van der Waals surface area contributed by atoms with Gasteiger partial charge in [-0.3, -0.25) is 9.80 Å². The second kappa shape index (κ2) is 14.8. The van der Waals surface area contributed by atoms with Crippen LogP contribution in [-0.4, -0.2) is 57.6 Å². The quantitative estimate of drug-likeness (QED) is 0.252. The van der Waals surface area contributed by atoms with Crippen LogP contribution in [0.3, 0.4) is 0 Å². The molecule has 210 valence electrons. The van der Waals surface area contributed by atoms with Crippen molar-refractivity contribution in [3.05, 3.63) is 113 Å². The fourth-order valence-electron chi connectivity index (χ4n) is 5.41. The molecule has 2 N–H and O–H groups in total. The average molecular weight is 590 g/mol. The molecule has 8 heteroatoms. The zero-order valence-corrected chi connectivity index (χ0v) is 25.2. The normalized spacial score (nSPS) is 14.7. The summed E-state index contributed by atoms with van der Waals surface area (Å²) in [6.45, 7) is 10.7. The van der Waals surface area contributed by atoms with Crippen LogP contribution in [0, 0.1) is 20.8 Å². The van der Waals surface area contributed by atoms with Crippen LogP contribution in [0.5, 0.6) is 0 Å². The summed E-state index contributed by atoms with van der Waals surface area (Å²) in [7, 11) is 0. The fraction of sp³-hybridized carbons (Fsp3) is 0.323. The number of H-pyrrole nitrogens is 1. The van der Waals surface area contributed by atoms with Crippen LogP contribution in [0.1, 0.15) is 45.8 Å². The average Bonchev–Trinajstić information content (AvgIpc) is 3.29. The van der Waals surface area contributed by atoms with Crippen LogP contribution in [0.4, 0.5) is 0 Å². The van der Waals surface area contributed by atoms with E-state index in [9.17, 15) is 5.11 Å². The molecule has 0 spiro atoms. The first-order valence-electron chi connectivity index (χ1n) is 12.9. The number of piperazine rings is 1. The Balaban J connectivity index is 0.00000178. The van der Waals surface area contributed by atoms with Gasteiger partial charge in [-0.25, -0.2) is 4.98 Å². The lowest BCUT2D eigenvalue weighted by Gasteiger charge is -2.41. The molecule has 1 aliphatic heterocycles. The predicted octanol–water partition coefficient (Wildman–Crippen LogP) is 6.71. The third kappa shape index (κ3) is 7.43. The van der Waals surface area contributed by atoms with Gasteiger partial charge in [-0.15, -0.1) is 37.2 Å². The van der Waals surface area contributed by atoms with Crippen LogP contribution in [-0.2, 0) is 0 Å². The molecule has 2 heterocycles. The summed E-state index contributed by atoms with van der Waals surface area (Å²) in [5, 5.41) is 11.1. The van der Waals surface area contributed by atoms with Gasteiger partial charge in [-0.2, -0.15) is 0 Å². The van der Waals surface area contributed by atoms with Crippen LogP contribution in [0.15, 0.2) is 78.9 Å². The molecule has 0 bridgehead atoms. The lowest BCUT2D eigenvalue weighted by Crippen LogP contribution is -2.49. The number of β-amino-alcohol motifs (C(OH)–C–C–N with tert-alkyl or cyclic N) is 1. The van der Waals surface area contributed by atoms with Crippen molar-refractivity contribution in [1.29, 1.82) is 0 Å². The van der Waals surface area contributed by atoms with E-state index in [0.29, 0.717) is 6.54 Å². The van der Waals surface area contributed by atoms with Gasteiger partial charge in [-0.05, 0) is 43.0 Å². The number of hydrogen-bond donors (Lipinski definition) is 2. The van der Waals surface area contributed by atoms with Gasteiger partial charge < -0.3 is 10.1 Å². The number of aliphatic hydroxyl groups excluding tert-OH is 1. The fourth-order valence-corrected chi connectivity index (χ4v) is 5.41. The number of aryl methyl sites for hydroxylation is 3. The molecule has 0 amide bonds. The first-order chi connectivity index (χ1) is 17.5. The summed E-state index contributed by atoms with van der Waals surface area (Å²) in [6.07, 6.45) is -0.617. The number of nitrogens with zero attached hydrogens (tertiary/aromatic N) is 3. The largest absolute Gasteiger partial charge is 0.385 e. The number of benzene rings is 3. The second-order valence-electron chi connectivity index (χ2n) is 9.93. The van der Waals surface area contributed by atoms with Crippen molar-refractivity contribution >= 4 is 37.2 Å². The van der Waals surface area contributed by atoms with Crippen molar-refractivity contribution in [2.45, 2.75) is 32.9 Å². The molecule has 5 rings (SSSR count). The van der Waals surface area contributed by atoms with E-state index in [1.54, 1.807) is 0 Å². The zero-order chi connectivity index (χ0) is 25.1. The lowest BCUT2D eigenvalue weighted by atomic mass is 9.90. The molecular weight excluding hydrogens is 551 g/mol. The molecule has 1 saturated heterocycles. The van der Waals surface area contributed by atoms with E-state index in [-0.39, 0.29) is 43.3 Å². The first-order valence-corrected chi connectivity index (χ1v) is 12.9. The molecule has 0 aliphatic carbocycles. The Morgan fingerprint density at radius 2 is 1.26 bits per heavy atom. The Kier molecular flexibility index (Phi) is 12.5. The van der Waals surface area contributed by atoms with E-state index in [1.807, 2.05) is 37.3 Å². The van der Waals surface area contributed by atoms with Gasteiger partial charge >= 0.3 is 0 Å². The van der Waals surface area contributed by atoms with E-state index in [1.165, 1.54) is 22.3 Å². The van der Waals surface area contributed by atoms with E-state index in [4.69, 9.17) is 4.98 Å². The molecule has 3 aromatic carbocycles. The number of hydrogen-bond acceptors (Lipinski definition) is 4. The number of imidazole rings is 1. The molecule has 5 nitrogen and oxygen atoms in total. The number of aromatic nitrogens is 2. The predicted molar refractivity (Wildman–Crippen MR) is 168 cm³/mol. The van der Waals surface area contributed by atoms with Crippen LogP contribution >= 0.6 is 37.2 Å². The molecule has 0 radical (unpaired) electrons. The first kappa shape index (κ1) is 32.8. The third-order valence-corrected chi connectivity index (χ3v) is 7.45. The van der Waals surface area contributed by atoms with Crippen molar-refractivity contribution in [3.8, 4) is 11.4 Å². The van der Waals surface area contributed by atoms with Gasteiger partial charge in [0.2, 0.25) is 0 Å². The number of halogens is 3. The molecule has 39 heavy (non-hydrogen) atoms. The minimum atomic E-state index is -0.617. The molecule has 1 unspecified atom stereocenters. The van der Waals surface area contributed by atoms with E-state index >= 15 is 0 Å². The topological polar surface area (TPSA) is 55.4 Å². The third-order valence-electron chi connectivity index (χ3n) is 7.45. The Labute approximate surface area is 250 Å². The van der Waals surface area contributed by atoms with Crippen molar-refractivity contribution < 1.29 is 5.11 Å². The Hall–Kier alpha value is -2.38. The molecule has 1 aromatic heterocycles. The SMILES string of the molecule is Cc1ccccc1C(c1ccccc1C)N1CCN(CC(O)c2nc(-c3ccccc3)[nH]c2C)CC1.Cl.Cl.Cl. The minimum Gasteiger partial charge on any atom is -0.385 e. The van der Waals surface area contributed by atoms with Crippen LogP contribution in [0.2, 0.25) is 0 Å². The summed E-state index contributed by atoms with van der Waals surface area (Å²) >= 11 is 0. The van der Waals surface area contributed by atoms with Gasteiger partial charge in [-0.1, -0.05) is 78.9 Å². The molecule has 4 aromatic rings. The highest BCUT2D eigenvalue weighted by Crippen LogP contribution is 2.33. The highest BCUT2D eigenvalue weighted by molar-refractivity contribution is 5.86. The summed E-state index contributed by atoms with van der Waals surface area (Å²) in [6, 6.07) is 27.8. The van der Waals surface area contributed by atoms with E-state index in [2.05, 4.69) is 77.2 Å². The number of aliphatic hydroxyl groups is 1. The van der Waals surface area contributed by atoms with Gasteiger partial charge in [0, 0.05) is 44.0 Å². The summed E-state index contributed by atoms with van der Waals surface area (Å²) in [5.41, 5.74) is 8.11. The lowest BCUT2D eigenvalue weighted by molar-refractivity contribution is 0.0604. The maximum Gasteiger partial charge on any atom is 0.137 e. The summed E-state index contributed by atoms with van der Waals surface area (Å²) in [5.74, 6) is 0.811. The van der Waals surface area contributed by atoms with E-state index < -0.39 is 6.10 Å². The standard InChI is InChI=1S/C31H36N4O.3ClH/c1-22-11-7-9-15-26(22)30(27-16-10-8-12-23(27)2)35-19-17-34(18-20-35)21-28(36)29-24(3)32-31(33-29)25-13-5-4-6-14-25;;;/h4-16,28,30,36H,17-21H2,1-3H3,(H,32,33);3*1H. The van der Waals surface area contributed by atoms with Crippen molar-refractivity contribution in [2.24, 2.45) is 0 Å². The van der Waals surface area contributed by atoms with Crippen LogP contribution < -0.4 is 0 Å². The van der Waals surface area contributed by atoms with E-state index in [0.717, 1.165) is 49.0 Å². The summed E-state index contributed by atoms with van der Waals surface area (Å²) in [4.78, 5) is 13.1. The Bertz CT molecular complexity index is 1260. The molecular formula is C31H39Cl3N4O. The zero-order valence-electron chi connectivity index (χ0n) is 22.7. The maximum atomic E-state index is 11.1. The smallest absolute Gasteiger partial charge is 0.137 e. The monoisotopic (exact) mass is 588 g/mol. The van der Waals surface area contributed by atoms with Crippen molar-refractivity contribution in [3.63, 3.8) is 0 Å². The summed E-state index contributed by atoms with van der Waals surface area (Å²) < 4.78 is 0. The van der Waals surface area contributed by atoms with Gasteiger partial charge in [0.05, 0.1) is 11.7 Å². The molecule has 0 saturated carbocycles. The molecule has 1 fully saturated rings. The van der Waals surface area contributed by atoms with Gasteiger partial charge in [0.1, 0.15) is 11.9 Å². The highest BCUT2D eigenvalue weighted by Gasteiger charge is 2.29. The highest BCUT2D eigenvalue weighted by atomic mass is 35.5. The number of nitrogens with one attached hydrogen (secondary N) is 1. The Morgan fingerprint density at radius 3 is 1.79 bits per heavy atom. The van der Waals surface area contributed by atoms with Crippen LogP contribution in [0.25, 0.3) is 11.4 Å². The molecule has 1 atom stereocenters. The minimum absolute atomic E-state index is 0. The number of rotatable bonds is 7. The number of aromatic amines is 1. The van der Waals surface area contributed by atoms with Crippen molar-refractivity contribution in [1.82, 2.24) is 19.8 Å². The maximum absolute atomic E-state index is 11.1.